The molecule has 1 aliphatic carbocycles. The van der Waals surface area contributed by atoms with Crippen molar-refractivity contribution in [2.75, 3.05) is 19.6 Å². The molecule has 37 heavy (non-hydrogen) atoms. The Balaban J connectivity index is 1.30. The number of ether oxygens (including phenoxy) is 1. The van der Waals surface area contributed by atoms with Crippen LogP contribution in [0.4, 0.5) is 0 Å². The number of unbranched alkanes of at least 4 members (excludes halogenated alkanes) is 1. The minimum absolute atomic E-state index is 0.140. The first-order chi connectivity index (χ1) is 17.8. The first-order valence-corrected chi connectivity index (χ1v) is 15.5. The number of amides is 1. The third-order valence-electron chi connectivity index (χ3n) is 7.52. The quantitative estimate of drug-likeness (QED) is 0.350. The molecule has 1 saturated carbocycles. The lowest BCUT2D eigenvalue weighted by Crippen LogP contribution is -2.47. The molecule has 6 nitrogen and oxygen atoms in total. The summed E-state index contributed by atoms with van der Waals surface area (Å²) in [6, 6.07) is 14.1. The zero-order chi connectivity index (χ0) is 26.4. The van der Waals surface area contributed by atoms with E-state index < -0.39 is 10.0 Å². The van der Waals surface area contributed by atoms with Gasteiger partial charge in [0.1, 0.15) is 11.9 Å². The van der Waals surface area contributed by atoms with Gasteiger partial charge in [0.15, 0.2) is 0 Å². The summed E-state index contributed by atoms with van der Waals surface area (Å²) in [5, 5.41) is 1.01. The fourth-order valence-corrected chi connectivity index (χ4v) is 7.16. The van der Waals surface area contributed by atoms with E-state index in [9.17, 15) is 13.2 Å². The van der Waals surface area contributed by atoms with E-state index in [1.165, 1.54) is 0 Å². The summed E-state index contributed by atoms with van der Waals surface area (Å²) in [6.45, 7) is 4.13. The highest BCUT2D eigenvalue weighted by molar-refractivity contribution is 7.89. The molecule has 0 spiro atoms. The highest BCUT2D eigenvalue weighted by atomic mass is 35.5. The van der Waals surface area contributed by atoms with Crippen LogP contribution in [-0.4, -0.2) is 55.3 Å². The van der Waals surface area contributed by atoms with Crippen molar-refractivity contribution < 1.29 is 17.9 Å². The average molecular weight is 568 g/mol. The Morgan fingerprint density at radius 3 is 2.27 bits per heavy atom. The van der Waals surface area contributed by atoms with Crippen LogP contribution in [-0.2, 0) is 14.8 Å². The largest absolute Gasteiger partial charge is 0.490 e. The molecule has 2 aromatic rings. The van der Waals surface area contributed by atoms with E-state index in [0.717, 1.165) is 68.1 Å². The first-order valence-electron chi connectivity index (χ1n) is 13.3. The van der Waals surface area contributed by atoms with E-state index in [2.05, 4.69) is 4.90 Å². The minimum Gasteiger partial charge on any atom is -0.490 e. The van der Waals surface area contributed by atoms with Crippen LogP contribution in [0.3, 0.4) is 0 Å². The van der Waals surface area contributed by atoms with Crippen molar-refractivity contribution >= 4 is 39.1 Å². The van der Waals surface area contributed by atoms with Crippen molar-refractivity contribution in [1.29, 1.82) is 0 Å². The predicted octanol–water partition coefficient (Wildman–Crippen LogP) is 6.41. The number of likely N-dealkylation sites (tertiary alicyclic amines) is 1. The Morgan fingerprint density at radius 1 is 0.973 bits per heavy atom. The van der Waals surface area contributed by atoms with E-state index in [4.69, 9.17) is 27.9 Å². The molecule has 2 fully saturated rings. The lowest BCUT2D eigenvalue weighted by Gasteiger charge is -2.41. The van der Waals surface area contributed by atoms with Crippen molar-refractivity contribution in [2.45, 2.75) is 75.3 Å². The number of benzene rings is 2. The molecule has 0 atom stereocenters. The van der Waals surface area contributed by atoms with Crippen molar-refractivity contribution in [1.82, 2.24) is 9.21 Å². The third-order valence-corrected chi connectivity index (χ3v) is 10.1. The maximum atomic E-state index is 13.5. The molecule has 1 amide bonds. The highest BCUT2D eigenvalue weighted by Crippen LogP contribution is 2.33. The Bertz CT molecular complexity index is 1150. The van der Waals surface area contributed by atoms with Crippen LogP contribution in [0.15, 0.2) is 53.4 Å². The minimum atomic E-state index is -3.85. The third kappa shape index (κ3) is 6.99. The average Bonchev–Trinajstić information content (AvgIpc) is 2.92. The van der Waals surface area contributed by atoms with Gasteiger partial charge in [-0.2, -0.15) is 0 Å². The number of nitrogens with zero attached hydrogens (tertiary/aromatic N) is 2. The first kappa shape index (κ1) is 28.2. The number of halogens is 2. The maximum Gasteiger partial charge on any atom is 0.266 e. The van der Waals surface area contributed by atoms with Crippen LogP contribution < -0.4 is 4.74 Å². The number of piperidine rings is 1. The SMILES string of the molecule is CCCCN(C(=O)C1CCC(N2CCC(Oc3ccc(Cl)c(Cl)c3)CC2)CC1)S(=O)(=O)c1ccccc1. The van der Waals surface area contributed by atoms with Gasteiger partial charge in [0.25, 0.3) is 10.0 Å². The van der Waals surface area contributed by atoms with E-state index in [1.807, 2.05) is 13.0 Å². The number of carbonyl (C=O) groups excluding carboxylic acids is 1. The fraction of sp³-hybridized carbons (Fsp3) is 0.536. The summed E-state index contributed by atoms with van der Waals surface area (Å²) in [5.41, 5.74) is 0. The lowest BCUT2D eigenvalue weighted by molar-refractivity contribution is -0.132. The Hall–Kier alpha value is -1.80. The van der Waals surface area contributed by atoms with Gasteiger partial charge < -0.3 is 9.64 Å². The second-order valence-corrected chi connectivity index (χ2v) is 12.7. The van der Waals surface area contributed by atoms with Crippen molar-refractivity contribution in [3.8, 4) is 5.75 Å². The fourth-order valence-electron chi connectivity index (χ4n) is 5.36. The molecule has 0 radical (unpaired) electrons. The van der Waals surface area contributed by atoms with Crippen LogP contribution in [0.1, 0.15) is 58.3 Å². The standard InChI is InChI=1S/C28H36Cl2N2O4S/c1-2-3-17-32(37(34,35)25-7-5-4-6-8-25)28(33)21-9-11-22(12-10-21)31-18-15-23(16-19-31)36-24-13-14-26(29)27(30)20-24/h4-8,13-14,20-23H,2-3,9-12,15-19H2,1H3. The number of hydrogen-bond donors (Lipinski definition) is 0. The summed E-state index contributed by atoms with van der Waals surface area (Å²) >= 11 is 12.1. The molecular formula is C28H36Cl2N2O4S. The van der Waals surface area contributed by atoms with E-state index in [1.54, 1.807) is 42.5 Å². The normalized spacial score (nSPS) is 21.5. The van der Waals surface area contributed by atoms with E-state index in [-0.39, 0.29) is 29.4 Å². The van der Waals surface area contributed by atoms with Gasteiger partial charge in [-0.1, -0.05) is 54.7 Å². The van der Waals surface area contributed by atoms with Crippen molar-refractivity contribution in [2.24, 2.45) is 5.92 Å². The number of hydrogen-bond acceptors (Lipinski definition) is 5. The summed E-state index contributed by atoms with van der Waals surface area (Å²) < 4.78 is 33.9. The number of carbonyl (C=O) groups is 1. The molecule has 2 aliphatic rings. The van der Waals surface area contributed by atoms with Crippen LogP contribution in [0.25, 0.3) is 0 Å². The molecule has 9 heteroatoms. The molecule has 1 aliphatic heterocycles. The van der Waals surface area contributed by atoms with Gasteiger partial charge in [-0.05, 0) is 69.2 Å². The summed E-state index contributed by atoms with van der Waals surface area (Å²) in [7, 11) is -3.85. The molecule has 4 rings (SSSR count). The van der Waals surface area contributed by atoms with Crippen molar-refractivity contribution in [3.63, 3.8) is 0 Å². The van der Waals surface area contributed by atoms with E-state index in [0.29, 0.717) is 22.5 Å². The monoisotopic (exact) mass is 566 g/mol. The molecular weight excluding hydrogens is 531 g/mol. The van der Waals surface area contributed by atoms with Gasteiger partial charge in [-0.25, -0.2) is 12.7 Å². The zero-order valence-electron chi connectivity index (χ0n) is 21.3. The van der Waals surface area contributed by atoms with Crippen LogP contribution in [0, 0.1) is 5.92 Å². The van der Waals surface area contributed by atoms with Crippen LogP contribution in [0.2, 0.25) is 10.0 Å². The predicted molar refractivity (Wildman–Crippen MR) is 148 cm³/mol. The second kappa shape index (κ2) is 12.8. The highest BCUT2D eigenvalue weighted by Gasteiger charge is 2.37. The summed E-state index contributed by atoms with van der Waals surface area (Å²) in [5.74, 6) is 0.247. The molecule has 0 unspecified atom stereocenters. The smallest absolute Gasteiger partial charge is 0.266 e. The Kier molecular flexibility index (Phi) is 9.79. The molecule has 1 heterocycles. The summed E-state index contributed by atoms with van der Waals surface area (Å²) in [4.78, 5) is 16.2. The van der Waals surface area contributed by atoms with Gasteiger partial charge in [0.2, 0.25) is 5.91 Å². The van der Waals surface area contributed by atoms with Gasteiger partial charge in [-0.15, -0.1) is 0 Å². The van der Waals surface area contributed by atoms with Crippen molar-refractivity contribution in [3.05, 3.63) is 58.6 Å². The van der Waals surface area contributed by atoms with E-state index >= 15 is 0 Å². The number of rotatable bonds is 9. The van der Waals surface area contributed by atoms with Gasteiger partial charge in [0, 0.05) is 37.7 Å². The van der Waals surface area contributed by atoms with Crippen LogP contribution >= 0.6 is 23.2 Å². The van der Waals surface area contributed by atoms with Gasteiger partial charge >= 0.3 is 0 Å². The molecule has 0 bridgehead atoms. The molecule has 2 aromatic carbocycles. The Morgan fingerprint density at radius 2 is 1.65 bits per heavy atom. The maximum absolute atomic E-state index is 13.5. The molecule has 0 aromatic heterocycles. The van der Waals surface area contributed by atoms with Gasteiger partial charge in [-0.3, -0.25) is 4.79 Å². The molecule has 202 valence electrons. The second-order valence-electron chi connectivity index (χ2n) is 10.0. The molecule has 1 saturated heterocycles. The Labute approximate surface area is 230 Å². The summed E-state index contributed by atoms with van der Waals surface area (Å²) in [6.07, 6.45) is 6.73. The molecule has 0 N–H and O–H groups in total. The topological polar surface area (TPSA) is 66.9 Å². The zero-order valence-corrected chi connectivity index (χ0v) is 23.6. The lowest BCUT2D eigenvalue weighted by atomic mass is 9.84. The number of sulfonamides is 1. The van der Waals surface area contributed by atoms with Gasteiger partial charge in [0.05, 0.1) is 14.9 Å². The van der Waals surface area contributed by atoms with Crippen LogP contribution in [0.5, 0.6) is 5.75 Å².